The summed E-state index contributed by atoms with van der Waals surface area (Å²) in [4.78, 5) is 14.8. The fourth-order valence-electron chi connectivity index (χ4n) is 4.21. The SMILES string of the molecule is CC(C)N1CCC[C@H](CNC(=O)Cn2nc(C(F)(F)F)c3c2CCCC3)C1. The molecular weight excluding hydrogens is 357 g/mol. The average molecular weight is 386 g/mol. The van der Waals surface area contributed by atoms with Gasteiger partial charge in [0.25, 0.3) is 0 Å². The third-order valence-corrected chi connectivity index (χ3v) is 5.69. The number of halogens is 3. The molecule has 1 aromatic rings. The van der Waals surface area contributed by atoms with E-state index in [-0.39, 0.29) is 18.0 Å². The Bertz CT molecular complexity index is 669. The summed E-state index contributed by atoms with van der Waals surface area (Å²) in [6.07, 6.45) is 0.230. The van der Waals surface area contributed by atoms with E-state index < -0.39 is 11.9 Å². The lowest BCUT2D eigenvalue weighted by molar-refractivity contribution is -0.142. The Labute approximate surface area is 158 Å². The minimum Gasteiger partial charge on any atom is -0.354 e. The quantitative estimate of drug-likeness (QED) is 0.846. The van der Waals surface area contributed by atoms with Crippen molar-refractivity contribution in [2.75, 3.05) is 19.6 Å². The summed E-state index contributed by atoms with van der Waals surface area (Å²) in [6, 6.07) is 0.486. The third kappa shape index (κ3) is 4.83. The molecule has 0 spiro atoms. The Morgan fingerprint density at radius 2 is 2.00 bits per heavy atom. The first-order valence-corrected chi connectivity index (χ1v) is 9.92. The van der Waals surface area contributed by atoms with Crippen LogP contribution in [0.3, 0.4) is 0 Å². The third-order valence-electron chi connectivity index (χ3n) is 5.69. The van der Waals surface area contributed by atoms with Crippen LogP contribution in [0.15, 0.2) is 0 Å². The van der Waals surface area contributed by atoms with Crippen LogP contribution < -0.4 is 5.32 Å². The van der Waals surface area contributed by atoms with Crippen molar-refractivity contribution < 1.29 is 18.0 Å². The van der Waals surface area contributed by atoms with Gasteiger partial charge in [-0.3, -0.25) is 9.48 Å². The molecule has 0 bridgehead atoms. The zero-order valence-corrected chi connectivity index (χ0v) is 16.1. The number of carbonyl (C=O) groups is 1. The number of rotatable bonds is 5. The van der Waals surface area contributed by atoms with E-state index in [1.807, 2.05) is 0 Å². The normalized spacial score (nSPS) is 21.3. The van der Waals surface area contributed by atoms with Crippen molar-refractivity contribution in [3.63, 3.8) is 0 Å². The molecule has 2 aliphatic rings. The summed E-state index contributed by atoms with van der Waals surface area (Å²) in [5.41, 5.74) is 0.0404. The number of amides is 1. The molecule has 0 saturated carbocycles. The number of nitrogens with zero attached hydrogens (tertiary/aromatic N) is 3. The number of likely N-dealkylation sites (tertiary alicyclic amines) is 1. The molecule has 27 heavy (non-hydrogen) atoms. The minimum absolute atomic E-state index is 0.140. The molecule has 0 aromatic carbocycles. The lowest BCUT2D eigenvalue weighted by Gasteiger charge is -2.35. The van der Waals surface area contributed by atoms with Gasteiger partial charge >= 0.3 is 6.18 Å². The molecule has 152 valence electrons. The van der Waals surface area contributed by atoms with Crippen LogP contribution in [0.25, 0.3) is 0 Å². The van der Waals surface area contributed by atoms with Gasteiger partial charge in [0.1, 0.15) is 6.54 Å². The summed E-state index contributed by atoms with van der Waals surface area (Å²) >= 11 is 0. The predicted octanol–water partition coefficient (Wildman–Crippen LogP) is 3.02. The van der Waals surface area contributed by atoms with E-state index in [9.17, 15) is 18.0 Å². The summed E-state index contributed by atoms with van der Waals surface area (Å²) in [5, 5.41) is 6.66. The highest BCUT2D eigenvalue weighted by molar-refractivity contribution is 5.75. The maximum atomic E-state index is 13.2. The number of carbonyl (C=O) groups excluding carboxylic acids is 1. The zero-order chi connectivity index (χ0) is 19.6. The van der Waals surface area contributed by atoms with E-state index in [0.29, 0.717) is 37.0 Å². The first-order valence-electron chi connectivity index (χ1n) is 9.92. The van der Waals surface area contributed by atoms with Gasteiger partial charge < -0.3 is 10.2 Å². The Kier molecular flexibility index (Phi) is 6.13. The number of aromatic nitrogens is 2. The van der Waals surface area contributed by atoms with Crippen LogP contribution in [0.4, 0.5) is 13.2 Å². The lowest BCUT2D eigenvalue weighted by atomic mass is 9.95. The largest absolute Gasteiger partial charge is 0.435 e. The molecule has 1 aliphatic heterocycles. The first-order chi connectivity index (χ1) is 12.8. The van der Waals surface area contributed by atoms with Crippen molar-refractivity contribution in [2.45, 2.75) is 71.1 Å². The zero-order valence-electron chi connectivity index (χ0n) is 16.1. The number of nitrogens with one attached hydrogen (secondary N) is 1. The van der Waals surface area contributed by atoms with Gasteiger partial charge in [0, 0.05) is 30.4 Å². The molecule has 8 heteroatoms. The second-order valence-electron chi connectivity index (χ2n) is 8.04. The maximum Gasteiger partial charge on any atom is 0.435 e. The second-order valence-corrected chi connectivity index (χ2v) is 8.04. The second kappa shape index (κ2) is 8.20. The summed E-state index contributed by atoms with van der Waals surface area (Å²) in [6.45, 7) is 6.80. The Balaban J connectivity index is 1.60. The lowest BCUT2D eigenvalue weighted by Crippen LogP contribution is -2.44. The Hall–Kier alpha value is -1.57. The molecule has 1 amide bonds. The van der Waals surface area contributed by atoms with Crippen LogP contribution in [0, 0.1) is 5.92 Å². The van der Waals surface area contributed by atoms with Crippen LogP contribution in [-0.2, 0) is 30.4 Å². The van der Waals surface area contributed by atoms with Crippen molar-refractivity contribution in [3.05, 3.63) is 17.0 Å². The molecule has 1 atom stereocenters. The van der Waals surface area contributed by atoms with Gasteiger partial charge in [0.15, 0.2) is 5.69 Å². The first kappa shape index (κ1) is 20.2. The standard InChI is InChI=1S/C19H29F3N4O/c1-13(2)25-9-5-6-14(11-25)10-23-17(27)12-26-16-8-4-3-7-15(16)18(24-26)19(20,21)22/h13-14H,3-12H2,1-2H3,(H,23,27)/t14-/m1/s1. The van der Waals surface area contributed by atoms with Crippen LogP contribution in [-0.4, -0.2) is 46.3 Å². The highest BCUT2D eigenvalue weighted by Gasteiger charge is 2.39. The van der Waals surface area contributed by atoms with Gasteiger partial charge in [0.2, 0.25) is 5.91 Å². The van der Waals surface area contributed by atoms with Gasteiger partial charge in [-0.1, -0.05) is 0 Å². The molecule has 0 radical (unpaired) electrons. The molecule has 2 heterocycles. The van der Waals surface area contributed by atoms with Gasteiger partial charge in [0.05, 0.1) is 0 Å². The average Bonchev–Trinajstić information content (AvgIpc) is 2.99. The van der Waals surface area contributed by atoms with E-state index in [0.717, 1.165) is 38.8 Å². The Morgan fingerprint density at radius 3 is 2.70 bits per heavy atom. The van der Waals surface area contributed by atoms with Crippen molar-refractivity contribution >= 4 is 5.91 Å². The smallest absolute Gasteiger partial charge is 0.354 e. The molecular formula is C19H29F3N4O. The summed E-state index contributed by atoms with van der Waals surface area (Å²) in [7, 11) is 0. The fourth-order valence-corrected chi connectivity index (χ4v) is 4.21. The van der Waals surface area contributed by atoms with E-state index >= 15 is 0 Å². The van der Waals surface area contributed by atoms with E-state index in [2.05, 4.69) is 29.2 Å². The van der Waals surface area contributed by atoms with E-state index in [1.165, 1.54) is 4.68 Å². The van der Waals surface area contributed by atoms with Gasteiger partial charge in [-0.25, -0.2) is 0 Å². The van der Waals surface area contributed by atoms with Gasteiger partial charge in [-0.15, -0.1) is 0 Å². The van der Waals surface area contributed by atoms with Crippen molar-refractivity contribution in [1.29, 1.82) is 0 Å². The highest BCUT2D eigenvalue weighted by Crippen LogP contribution is 2.35. The molecule has 0 unspecified atom stereocenters. The van der Waals surface area contributed by atoms with Gasteiger partial charge in [-0.05, 0) is 64.8 Å². The Morgan fingerprint density at radius 1 is 1.26 bits per heavy atom. The minimum atomic E-state index is -4.47. The van der Waals surface area contributed by atoms with Crippen LogP contribution in [0.2, 0.25) is 0 Å². The summed E-state index contributed by atoms with van der Waals surface area (Å²) in [5.74, 6) is 0.128. The predicted molar refractivity (Wildman–Crippen MR) is 96.3 cm³/mol. The van der Waals surface area contributed by atoms with E-state index in [1.54, 1.807) is 0 Å². The molecule has 1 aliphatic carbocycles. The highest BCUT2D eigenvalue weighted by atomic mass is 19.4. The topological polar surface area (TPSA) is 50.2 Å². The summed E-state index contributed by atoms with van der Waals surface area (Å²) < 4.78 is 41.0. The molecule has 1 fully saturated rings. The number of fused-ring (bicyclic) bond motifs is 1. The number of hydrogen-bond donors (Lipinski definition) is 1. The van der Waals surface area contributed by atoms with Gasteiger partial charge in [-0.2, -0.15) is 18.3 Å². The number of hydrogen-bond acceptors (Lipinski definition) is 3. The van der Waals surface area contributed by atoms with E-state index in [4.69, 9.17) is 0 Å². The molecule has 1 saturated heterocycles. The van der Waals surface area contributed by atoms with Crippen molar-refractivity contribution in [1.82, 2.24) is 20.0 Å². The molecule has 5 nitrogen and oxygen atoms in total. The van der Waals surface area contributed by atoms with Crippen LogP contribution >= 0.6 is 0 Å². The maximum absolute atomic E-state index is 13.2. The van der Waals surface area contributed by atoms with Crippen LogP contribution in [0.1, 0.15) is 56.5 Å². The molecule has 1 aromatic heterocycles. The molecule has 3 rings (SSSR count). The fraction of sp³-hybridized carbons (Fsp3) is 0.789. The number of alkyl halides is 3. The monoisotopic (exact) mass is 386 g/mol. The van der Waals surface area contributed by atoms with Crippen molar-refractivity contribution in [3.8, 4) is 0 Å². The van der Waals surface area contributed by atoms with Crippen molar-refractivity contribution in [2.24, 2.45) is 5.92 Å². The van der Waals surface area contributed by atoms with Crippen LogP contribution in [0.5, 0.6) is 0 Å². The number of piperidine rings is 1. The molecule has 1 N–H and O–H groups in total.